The molecule has 0 saturated carbocycles. The molecule has 1 heterocycles. The highest BCUT2D eigenvalue weighted by molar-refractivity contribution is 5.91. The van der Waals surface area contributed by atoms with Crippen molar-refractivity contribution >= 4 is 22.3 Å². The zero-order valence-electron chi connectivity index (χ0n) is 11.9. The Kier molecular flexibility index (Phi) is 3.28. The zero-order valence-corrected chi connectivity index (χ0v) is 11.9. The zero-order chi connectivity index (χ0) is 16.9. The van der Waals surface area contributed by atoms with E-state index in [2.05, 4.69) is 0 Å². The Balaban J connectivity index is 2.38. The van der Waals surface area contributed by atoms with Gasteiger partial charge in [-0.05, 0) is 25.1 Å². The number of hydrogen-bond donors (Lipinski definition) is 2. The van der Waals surface area contributed by atoms with Crippen molar-refractivity contribution in [1.82, 2.24) is 0 Å². The van der Waals surface area contributed by atoms with Crippen molar-refractivity contribution in [2.45, 2.75) is 6.92 Å². The number of halogens is 3. The molecular formula is C16H11F3N2O2. The van der Waals surface area contributed by atoms with Gasteiger partial charge in [-0.25, -0.2) is 13.2 Å². The third kappa shape index (κ3) is 2.21. The van der Waals surface area contributed by atoms with Gasteiger partial charge in [-0.3, -0.25) is 4.79 Å². The average Bonchev–Trinajstić information content (AvgIpc) is 2.52. The largest absolute Gasteiger partial charge is 0.453 e. The molecule has 0 amide bonds. The molecule has 7 heteroatoms. The van der Waals surface area contributed by atoms with E-state index in [0.29, 0.717) is 0 Å². The normalized spacial score (nSPS) is 11.1. The van der Waals surface area contributed by atoms with Gasteiger partial charge in [-0.15, -0.1) is 0 Å². The number of benzene rings is 2. The van der Waals surface area contributed by atoms with E-state index in [-0.39, 0.29) is 28.0 Å². The van der Waals surface area contributed by atoms with E-state index in [1.54, 1.807) is 0 Å². The molecule has 23 heavy (non-hydrogen) atoms. The standard InChI is InChI=1S/C16H11F3N2O2/c1-6-13(18)15(21)12-10(22)5-11(23-16(12)14(6)19)7-2-3-9(20)8(17)4-7/h2-5H,20-21H2,1H3. The summed E-state index contributed by atoms with van der Waals surface area (Å²) in [5, 5.41) is -0.384. The second-order valence-electron chi connectivity index (χ2n) is 5.08. The summed E-state index contributed by atoms with van der Waals surface area (Å²) >= 11 is 0. The minimum Gasteiger partial charge on any atom is -0.453 e. The van der Waals surface area contributed by atoms with Gasteiger partial charge in [0.2, 0.25) is 0 Å². The number of anilines is 2. The summed E-state index contributed by atoms with van der Waals surface area (Å²) in [5.74, 6) is -2.82. The first kappa shape index (κ1) is 15.0. The predicted molar refractivity (Wildman–Crippen MR) is 81.4 cm³/mol. The minimum atomic E-state index is -1.03. The average molecular weight is 320 g/mol. The summed E-state index contributed by atoms with van der Waals surface area (Å²) in [6.07, 6.45) is 0. The van der Waals surface area contributed by atoms with Crippen LogP contribution in [0.15, 0.2) is 33.5 Å². The molecule has 0 aliphatic heterocycles. The molecule has 0 aliphatic rings. The SMILES string of the molecule is Cc1c(F)c(N)c2c(=O)cc(-c3ccc(N)c(F)c3)oc2c1F. The molecule has 2 aromatic carbocycles. The third-order valence-corrected chi connectivity index (χ3v) is 3.60. The van der Waals surface area contributed by atoms with E-state index in [9.17, 15) is 18.0 Å². The van der Waals surface area contributed by atoms with Crippen LogP contribution in [0.1, 0.15) is 5.56 Å². The summed E-state index contributed by atoms with van der Waals surface area (Å²) in [6.45, 7) is 1.18. The monoisotopic (exact) mass is 320 g/mol. The minimum absolute atomic E-state index is 0.0780. The Morgan fingerprint density at radius 1 is 1.04 bits per heavy atom. The molecule has 3 rings (SSSR count). The van der Waals surface area contributed by atoms with Crippen molar-refractivity contribution in [3.05, 3.63) is 57.5 Å². The maximum Gasteiger partial charge on any atom is 0.195 e. The maximum atomic E-state index is 14.2. The van der Waals surface area contributed by atoms with E-state index in [4.69, 9.17) is 15.9 Å². The van der Waals surface area contributed by atoms with Crippen LogP contribution in [0.5, 0.6) is 0 Å². The molecule has 0 spiro atoms. The maximum absolute atomic E-state index is 14.2. The molecule has 0 aliphatic carbocycles. The Labute approximate surface area is 128 Å². The lowest BCUT2D eigenvalue weighted by atomic mass is 10.1. The van der Waals surface area contributed by atoms with Gasteiger partial charge in [-0.2, -0.15) is 0 Å². The lowest BCUT2D eigenvalue weighted by Gasteiger charge is -2.09. The molecule has 0 unspecified atom stereocenters. The van der Waals surface area contributed by atoms with Crippen LogP contribution in [0, 0.1) is 24.4 Å². The van der Waals surface area contributed by atoms with Crippen molar-refractivity contribution in [3.8, 4) is 11.3 Å². The Hall–Kier alpha value is -2.96. The molecule has 118 valence electrons. The number of nitrogen functional groups attached to an aromatic ring is 2. The highest BCUT2D eigenvalue weighted by atomic mass is 19.1. The van der Waals surface area contributed by atoms with Crippen LogP contribution < -0.4 is 16.9 Å². The van der Waals surface area contributed by atoms with Gasteiger partial charge in [0.25, 0.3) is 0 Å². The van der Waals surface area contributed by atoms with E-state index < -0.39 is 34.2 Å². The van der Waals surface area contributed by atoms with Gasteiger partial charge in [-0.1, -0.05) is 0 Å². The summed E-state index contributed by atoms with van der Waals surface area (Å²) < 4.78 is 46.9. The quantitative estimate of drug-likeness (QED) is 0.674. The molecule has 4 nitrogen and oxygen atoms in total. The van der Waals surface area contributed by atoms with Gasteiger partial charge in [0.15, 0.2) is 22.6 Å². The van der Waals surface area contributed by atoms with Gasteiger partial charge >= 0.3 is 0 Å². The first-order valence-corrected chi connectivity index (χ1v) is 6.57. The second-order valence-corrected chi connectivity index (χ2v) is 5.08. The van der Waals surface area contributed by atoms with E-state index >= 15 is 0 Å². The summed E-state index contributed by atoms with van der Waals surface area (Å²) in [5.41, 5.74) is 8.99. The van der Waals surface area contributed by atoms with Crippen LogP contribution in [-0.4, -0.2) is 0 Å². The van der Waals surface area contributed by atoms with Crippen LogP contribution in [-0.2, 0) is 0 Å². The summed E-state index contributed by atoms with van der Waals surface area (Å²) in [6, 6.07) is 4.75. The van der Waals surface area contributed by atoms with Crippen LogP contribution in [0.4, 0.5) is 24.5 Å². The molecule has 1 aromatic heterocycles. The lowest BCUT2D eigenvalue weighted by Crippen LogP contribution is -2.09. The van der Waals surface area contributed by atoms with Crippen LogP contribution in [0.25, 0.3) is 22.3 Å². The van der Waals surface area contributed by atoms with Crippen LogP contribution >= 0.6 is 0 Å². The summed E-state index contributed by atoms with van der Waals surface area (Å²) in [4.78, 5) is 12.2. The molecule has 3 aromatic rings. The fraction of sp³-hybridized carbons (Fsp3) is 0.0625. The number of hydrogen-bond acceptors (Lipinski definition) is 4. The Morgan fingerprint density at radius 3 is 2.39 bits per heavy atom. The summed E-state index contributed by atoms with van der Waals surface area (Å²) in [7, 11) is 0. The molecule has 0 atom stereocenters. The molecule has 0 fully saturated rings. The molecule has 0 saturated heterocycles. The van der Waals surface area contributed by atoms with E-state index in [1.807, 2.05) is 0 Å². The van der Waals surface area contributed by atoms with Crippen molar-refractivity contribution in [3.63, 3.8) is 0 Å². The Bertz CT molecular complexity index is 1010. The van der Waals surface area contributed by atoms with Crippen molar-refractivity contribution in [1.29, 1.82) is 0 Å². The highest BCUT2D eigenvalue weighted by Crippen LogP contribution is 2.31. The second kappa shape index (κ2) is 5.05. The Morgan fingerprint density at radius 2 is 1.74 bits per heavy atom. The topological polar surface area (TPSA) is 82.2 Å². The number of rotatable bonds is 1. The van der Waals surface area contributed by atoms with Gasteiger partial charge < -0.3 is 15.9 Å². The van der Waals surface area contributed by atoms with Gasteiger partial charge in [0.1, 0.15) is 11.6 Å². The van der Waals surface area contributed by atoms with Crippen molar-refractivity contribution in [2.24, 2.45) is 0 Å². The van der Waals surface area contributed by atoms with Crippen LogP contribution in [0.2, 0.25) is 0 Å². The van der Waals surface area contributed by atoms with Gasteiger partial charge in [0.05, 0.1) is 16.8 Å². The van der Waals surface area contributed by atoms with Gasteiger partial charge in [0, 0.05) is 17.2 Å². The van der Waals surface area contributed by atoms with E-state index in [1.165, 1.54) is 19.1 Å². The van der Waals surface area contributed by atoms with Crippen LogP contribution in [0.3, 0.4) is 0 Å². The molecular weight excluding hydrogens is 309 g/mol. The molecule has 0 bridgehead atoms. The first-order chi connectivity index (χ1) is 10.8. The van der Waals surface area contributed by atoms with Crippen molar-refractivity contribution < 1.29 is 17.6 Å². The number of nitrogens with two attached hydrogens (primary N) is 2. The molecule has 4 N–H and O–H groups in total. The lowest BCUT2D eigenvalue weighted by molar-refractivity contribution is 0.537. The fourth-order valence-corrected chi connectivity index (χ4v) is 2.30. The van der Waals surface area contributed by atoms with Crippen molar-refractivity contribution in [2.75, 3.05) is 11.5 Å². The molecule has 0 radical (unpaired) electrons. The smallest absolute Gasteiger partial charge is 0.195 e. The fourth-order valence-electron chi connectivity index (χ4n) is 2.30. The first-order valence-electron chi connectivity index (χ1n) is 6.57. The van der Waals surface area contributed by atoms with E-state index in [0.717, 1.165) is 12.1 Å². The predicted octanol–water partition coefficient (Wildman–Crippen LogP) is 3.35. The number of fused-ring (bicyclic) bond motifs is 1. The third-order valence-electron chi connectivity index (χ3n) is 3.60. The highest BCUT2D eigenvalue weighted by Gasteiger charge is 2.20.